The predicted octanol–water partition coefficient (Wildman–Crippen LogP) is 4.62. The van der Waals surface area contributed by atoms with E-state index in [9.17, 15) is 9.59 Å². The first kappa shape index (κ1) is 28.5. The van der Waals surface area contributed by atoms with Crippen molar-refractivity contribution < 1.29 is 9.59 Å². The Morgan fingerprint density at radius 3 is 1.35 bits per heavy atom. The smallest absolute Gasteiger partial charge is 0.275 e. The van der Waals surface area contributed by atoms with Gasteiger partial charge in [-0.25, -0.2) is 9.97 Å². The van der Waals surface area contributed by atoms with Crippen LogP contribution in [0.4, 0.5) is 11.4 Å². The summed E-state index contributed by atoms with van der Waals surface area (Å²) in [6, 6.07) is 11.5. The highest BCUT2D eigenvalue weighted by Gasteiger charge is 2.17. The van der Waals surface area contributed by atoms with Crippen LogP contribution in [0, 0.1) is 13.8 Å². The summed E-state index contributed by atoms with van der Waals surface area (Å²) in [7, 11) is 3.68. The van der Waals surface area contributed by atoms with Crippen molar-refractivity contribution in [3.05, 3.63) is 95.1 Å². The van der Waals surface area contributed by atoms with Gasteiger partial charge in [0.15, 0.2) is 0 Å². The first-order valence-electron chi connectivity index (χ1n) is 13.0. The van der Waals surface area contributed by atoms with Crippen molar-refractivity contribution in [1.29, 1.82) is 0 Å². The average molecular weight is 539 g/mol. The number of benzene rings is 2. The lowest BCUT2D eigenvalue weighted by Gasteiger charge is -2.17. The van der Waals surface area contributed by atoms with Gasteiger partial charge in [-0.15, -0.1) is 0 Å². The third-order valence-electron chi connectivity index (χ3n) is 7.02. The molecule has 0 saturated heterocycles. The molecule has 2 heterocycles. The summed E-state index contributed by atoms with van der Waals surface area (Å²) in [5.41, 5.74) is 6.94. The maximum atomic E-state index is 12.9. The van der Waals surface area contributed by atoms with Crippen molar-refractivity contribution in [2.45, 2.75) is 39.8 Å². The van der Waals surface area contributed by atoms with Gasteiger partial charge in [-0.05, 0) is 76.2 Å². The van der Waals surface area contributed by atoms with E-state index in [-0.39, 0.29) is 35.3 Å². The summed E-state index contributed by atoms with van der Waals surface area (Å²) in [4.78, 5) is 43.1. The maximum absolute atomic E-state index is 12.9. The van der Waals surface area contributed by atoms with E-state index in [1.54, 1.807) is 12.4 Å². The Morgan fingerprint density at radius 2 is 1.02 bits per heavy atom. The number of carbonyl (C=O) groups is 2. The zero-order valence-electron chi connectivity index (χ0n) is 23.5. The number of anilines is 2. The number of aromatic nitrogens is 4. The van der Waals surface area contributed by atoms with Gasteiger partial charge in [0.1, 0.15) is 11.4 Å². The van der Waals surface area contributed by atoms with Crippen molar-refractivity contribution in [3.8, 4) is 11.1 Å². The molecule has 0 bridgehead atoms. The van der Waals surface area contributed by atoms with E-state index < -0.39 is 0 Å². The minimum Gasteiger partial charge on any atom is -0.320 e. The first-order valence-corrected chi connectivity index (χ1v) is 13.0. The number of nitrogens with one attached hydrogen (secondary N) is 4. The Morgan fingerprint density at radius 1 is 0.625 bits per heavy atom. The summed E-state index contributed by atoms with van der Waals surface area (Å²) < 4.78 is 0. The highest BCUT2D eigenvalue weighted by molar-refractivity contribution is 6.04. The molecule has 0 aliphatic rings. The van der Waals surface area contributed by atoms with Gasteiger partial charge in [-0.2, -0.15) is 0 Å². The summed E-state index contributed by atoms with van der Waals surface area (Å²) in [5, 5.41) is 12.1. The van der Waals surface area contributed by atoms with Crippen LogP contribution < -0.4 is 21.3 Å². The molecule has 40 heavy (non-hydrogen) atoms. The normalized spacial score (nSPS) is 12.4. The number of carbonyl (C=O) groups excluding carboxylic acids is 2. The van der Waals surface area contributed by atoms with E-state index in [1.807, 2.05) is 78.2 Å². The summed E-state index contributed by atoms with van der Waals surface area (Å²) in [6.45, 7) is 7.83. The van der Waals surface area contributed by atoms with Crippen molar-refractivity contribution in [3.63, 3.8) is 0 Å². The van der Waals surface area contributed by atoms with Gasteiger partial charge >= 0.3 is 0 Å². The molecule has 4 aromatic rings. The van der Waals surface area contributed by atoms with Gasteiger partial charge in [-0.1, -0.05) is 24.3 Å². The van der Waals surface area contributed by atoms with Crippen molar-refractivity contribution in [2.24, 2.45) is 0 Å². The van der Waals surface area contributed by atoms with E-state index in [4.69, 9.17) is 0 Å². The fourth-order valence-electron chi connectivity index (χ4n) is 4.15. The lowest BCUT2D eigenvalue weighted by atomic mass is 9.94. The third kappa shape index (κ3) is 6.19. The van der Waals surface area contributed by atoms with Gasteiger partial charge < -0.3 is 21.3 Å². The molecule has 4 rings (SSSR count). The summed E-state index contributed by atoms with van der Waals surface area (Å²) >= 11 is 0. The molecule has 10 heteroatoms. The largest absolute Gasteiger partial charge is 0.320 e. The van der Waals surface area contributed by atoms with Crippen LogP contribution in [-0.4, -0.2) is 45.8 Å². The van der Waals surface area contributed by atoms with Crippen LogP contribution in [0.1, 0.15) is 69.4 Å². The van der Waals surface area contributed by atoms with E-state index >= 15 is 0 Å². The highest BCUT2D eigenvalue weighted by atomic mass is 16.2. The van der Waals surface area contributed by atoms with Crippen LogP contribution >= 0.6 is 0 Å². The quantitative estimate of drug-likeness (QED) is 0.243. The van der Waals surface area contributed by atoms with Crippen molar-refractivity contribution in [2.75, 3.05) is 24.7 Å². The molecule has 0 saturated carbocycles. The molecular formula is C30H34N8O2. The molecule has 2 aromatic carbocycles. The van der Waals surface area contributed by atoms with Crippen LogP contribution in [0.2, 0.25) is 0 Å². The fourth-order valence-corrected chi connectivity index (χ4v) is 4.15. The van der Waals surface area contributed by atoms with Crippen LogP contribution in [0.15, 0.2) is 61.2 Å². The number of hydrogen-bond donors (Lipinski definition) is 4. The molecule has 0 radical (unpaired) electrons. The predicted molar refractivity (Wildman–Crippen MR) is 156 cm³/mol. The zero-order valence-corrected chi connectivity index (χ0v) is 23.5. The monoisotopic (exact) mass is 538 g/mol. The maximum Gasteiger partial charge on any atom is 0.275 e. The van der Waals surface area contributed by atoms with Gasteiger partial charge in [-0.3, -0.25) is 19.6 Å². The second-order valence-electron chi connectivity index (χ2n) is 9.54. The lowest BCUT2D eigenvalue weighted by Crippen LogP contribution is -2.18. The second kappa shape index (κ2) is 12.5. The zero-order chi connectivity index (χ0) is 28.8. The fraction of sp³-hybridized carbons (Fsp3) is 0.267. The third-order valence-corrected chi connectivity index (χ3v) is 7.02. The Bertz CT molecular complexity index is 1390. The minimum absolute atomic E-state index is 0.0352. The summed E-state index contributed by atoms with van der Waals surface area (Å²) in [5.74, 6) is -0.684. The van der Waals surface area contributed by atoms with Crippen LogP contribution in [0.25, 0.3) is 11.1 Å². The van der Waals surface area contributed by atoms with Gasteiger partial charge in [0.2, 0.25) is 0 Å². The first-order chi connectivity index (χ1) is 19.2. The summed E-state index contributed by atoms with van der Waals surface area (Å²) in [6.07, 6.45) is 6.16. The molecule has 0 aliphatic heterocycles. The number of rotatable bonds is 9. The van der Waals surface area contributed by atoms with Gasteiger partial charge in [0, 0.05) is 23.5 Å². The van der Waals surface area contributed by atoms with E-state index in [0.717, 1.165) is 33.6 Å². The molecule has 2 atom stereocenters. The van der Waals surface area contributed by atoms with E-state index in [2.05, 4.69) is 41.2 Å². The van der Waals surface area contributed by atoms with E-state index in [1.165, 1.54) is 12.4 Å². The molecule has 2 unspecified atom stereocenters. The molecule has 4 N–H and O–H groups in total. The van der Waals surface area contributed by atoms with E-state index in [0.29, 0.717) is 11.4 Å². The number of amides is 2. The van der Waals surface area contributed by atoms with Crippen LogP contribution in [0.5, 0.6) is 0 Å². The van der Waals surface area contributed by atoms with Crippen molar-refractivity contribution >= 4 is 23.2 Å². The Labute approximate surface area is 234 Å². The molecule has 2 amide bonds. The second-order valence-corrected chi connectivity index (χ2v) is 9.54. The van der Waals surface area contributed by atoms with Crippen molar-refractivity contribution in [1.82, 2.24) is 30.6 Å². The molecule has 0 aliphatic carbocycles. The standard InChI is InChI=1S/C30H34N8O2/c1-17-21(9-7-11-23(17)37-29(39)27-15-33-25(13-35-27)19(3)31-5)22-10-8-12-24(18(22)2)38-30(40)28-16-34-26(14-36-28)20(4)32-6/h7-16,19-20,31-32H,1-6H3,(H,37,39)(H,38,40). The molecular weight excluding hydrogens is 504 g/mol. The van der Waals surface area contributed by atoms with Crippen LogP contribution in [0.3, 0.4) is 0 Å². The Balaban J connectivity index is 1.54. The molecule has 0 fully saturated rings. The average Bonchev–Trinajstić information content (AvgIpc) is 2.98. The topological polar surface area (TPSA) is 134 Å². The SMILES string of the molecule is CNC(C)c1cnc(C(=O)Nc2cccc(-c3cccc(NC(=O)c4cnc(C(C)NC)cn4)c3C)c2C)cn1. The van der Waals surface area contributed by atoms with Crippen LogP contribution in [-0.2, 0) is 0 Å². The number of nitrogens with zero attached hydrogens (tertiary/aromatic N) is 4. The molecule has 206 valence electrons. The Hall–Kier alpha value is -4.54. The van der Waals surface area contributed by atoms with Gasteiger partial charge in [0.05, 0.1) is 36.2 Å². The molecule has 0 spiro atoms. The minimum atomic E-state index is -0.342. The lowest BCUT2D eigenvalue weighted by molar-refractivity contribution is 0.101. The Kier molecular flexibility index (Phi) is 8.93. The number of hydrogen-bond acceptors (Lipinski definition) is 8. The molecule has 10 nitrogen and oxygen atoms in total. The highest BCUT2D eigenvalue weighted by Crippen LogP contribution is 2.34. The van der Waals surface area contributed by atoms with Gasteiger partial charge in [0.25, 0.3) is 11.8 Å². The molecule has 2 aromatic heterocycles.